The summed E-state index contributed by atoms with van der Waals surface area (Å²) in [6, 6.07) is 10.4. The summed E-state index contributed by atoms with van der Waals surface area (Å²) in [7, 11) is 0. The highest BCUT2D eigenvalue weighted by Gasteiger charge is 2.00. The second kappa shape index (κ2) is 4.75. The lowest BCUT2D eigenvalue weighted by Crippen LogP contribution is -2.01. The number of nitrogens with zero attached hydrogens (tertiary/aromatic N) is 2. The molecule has 82 valence electrons. The van der Waals surface area contributed by atoms with Crippen molar-refractivity contribution >= 4 is 0 Å². The fourth-order valence-corrected chi connectivity index (χ4v) is 1.41. The Labute approximate surface area is 95.1 Å². The molecule has 1 heterocycles. The minimum atomic E-state index is 0.434. The number of aromatic nitrogens is 2. The first-order chi connectivity index (χ1) is 7.75. The van der Waals surface area contributed by atoms with Gasteiger partial charge in [-0.1, -0.05) is 24.3 Å². The maximum Gasteiger partial charge on any atom is 0.316 e. The van der Waals surface area contributed by atoms with Crippen LogP contribution in [0.25, 0.3) is 0 Å². The number of hydrogen-bond donors (Lipinski definition) is 0. The summed E-state index contributed by atoms with van der Waals surface area (Å²) < 4.78 is 5.53. The molecule has 0 fully saturated rings. The first-order valence-corrected chi connectivity index (χ1v) is 5.22. The molecule has 1 aromatic heterocycles. The monoisotopic (exact) mass is 214 g/mol. The third-order valence-corrected chi connectivity index (χ3v) is 2.39. The molecule has 0 amide bonds. The standard InChI is InChI=1S/C13H14N2O/c1-10-5-3-4-6-12(10)9-16-13-14-8-7-11(2)15-13/h3-8H,9H2,1-2H3. The Morgan fingerprint density at radius 2 is 1.94 bits per heavy atom. The van der Waals surface area contributed by atoms with Gasteiger partial charge in [0.1, 0.15) is 6.61 Å². The van der Waals surface area contributed by atoms with Gasteiger partial charge >= 0.3 is 6.01 Å². The molecule has 2 rings (SSSR count). The van der Waals surface area contributed by atoms with Gasteiger partial charge in [-0.25, -0.2) is 9.97 Å². The number of benzene rings is 1. The van der Waals surface area contributed by atoms with Gasteiger partial charge in [0.2, 0.25) is 0 Å². The summed E-state index contributed by atoms with van der Waals surface area (Å²) in [4.78, 5) is 8.24. The summed E-state index contributed by atoms with van der Waals surface area (Å²) in [6.07, 6.45) is 1.70. The number of hydrogen-bond acceptors (Lipinski definition) is 3. The van der Waals surface area contributed by atoms with Crippen molar-refractivity contribution < 1.29 is 4.74 Å². The summed E-state index contributed by atoms with van der Waals surface area (Å²) in [5, 5.41) is 0. The zero-order valence-corrected chi connectivity index (χ0v) is 9.47. The largest absolute Gasteiger partial charge is 0.459 e. The lowest BCUT2D eigenvalue weighted by atomic mass is 10.1. The fourth-order valence-electron chi connectivity index (χ4n) is 1.41. The molecule has 0 N–H and O–H groups in total. The van der Waals surface area contributed by atoms with E-state index >= 15 is 0 Å². The van der Waals surface area contributed by atoms with Gasteiger partial charge in [-0.05, 0) is 31.0 Å². The van der Waals surface area contributed by atoms with Crippen LogP contribution in [0.5, 0.6) is 6.01 Å². The molecular weight excluding hydrogens is 200 g/mol. The predicted octanol–water partition coefficient (Wildman–Crippen LogP) is 2.67. The van der Waals surface area contributed by atoms with Crippen molar-refractivity contribution in [1.29, 1.82) is 0 Å². The maximum absolute atomic E-state index is 5.53. The first kappa shape index (κ1) is 10.6. The van der Waals surface area contributed by atoms with Crippen LogP contribution in [0.3, 0.4) is 0 Å². The first-order valence-electron chi connectivity index (χ1n) is 5.22. The third-order valence-electron chi connectivity index (χ3n) is 2.39. The topological polar surface area (TPSA) is 35.0 Å². The Balaban J connectivity index is 2.05. The zero-order chi connectivity index (χ0) is 11.4. The van der Waals surface area contributed by atoms with E-state index in [4.69, 9.17) is 4.74 Å². The second-order valence-electron chi connectivity index (χ2n) is 3.70. The molecular formula is C13H14N2O. The predicted molar refractivity (Wildman–Crippen MR) is 62.3 cm³/mol. The van der Waals surface area contributed by atoms with Gasteiger partial charge in [0, 0.05) is 11.9 Å². The van der Waals surface area contributed by atoms with E-state index in [0.29, 0.717) is 12.6 Å². The number of rotatable bonds is 3. The van der Waals surface area contributed by atoms with Crippen LogP contribution >= 0.6 is 0 Å². The summed E-state index contributed by atoms with van der Waals surface area (Å²) in [5.74, 6) is 0. The molecule has 0 aliphatic carbocycles. The van der Waals surface area contributed by atoms with E-state index in [-0.39, 0.29) is 0 Å². The third kappa shape index (κ3) is 2.57. The molecule has 3 nitrogen and oxygen atoms in total. The molecule has 0 aliphatic heterocycles. The van der Waals surface area contributed by atoms with Crippen molar-refractivity contribution in [3.8, 4) is 6.01 Å². The van der Waals surface area contributed by atoms with Crippen molar-refractivity contribution in [3.05, 3.63) is 53.3 Å². The van der Waals surface area contributed by atoms with E-state index in [0.717, 1.165) is 11.3 Å². The van der Waals surface area contributed by atoms with Crippen LogP contribution in [0, 0.1) is 13.8 Å². The molecule has 0 radical (unpaired) electrons. The summed E-state index contributed by atoms with van der Waals surface area (Å²) in [6.45, 7) is 4.49. The van der Waals surface area contributed by atoms with Gasteiger partial charge in [-0.2, -0.15) is 0 Å². The highest BCUT2D eigenvalue weighted by Crippen LogP contribution is 2.10. The summed E-state index contributed by atoms with van der Waals surface area (Å²) >= 11 is 0. The van der Waals surface area contributed by atoms with Crippen LogP contribution < -0.4 is 4.74 Å². The van der Waals surface area contributed by atoms with Gasteiger partial charge in [-0.3, -0.25) is 0 Å². The highest BCUT2D eigenvalue weighted by molar-refractivity contribution is 5.25. The van der Waals surface area contributed by atoms with E-state index in [2.05, 4.69) is 23.0 Å². The second-order valence-corrected chi connectivity index (χ2v) is 3.70. The van der Waals surface area contributed by atoms with E-state index in [1.807, 2.05) is 31.2 Å². The van der Waals surface area contributed by atoms with E-state index in [9.17, 15) is 0 Å². The van der Waals surface area contributed by atoms with Gasteiger partial charge in [0.15, 0.2) is 0 Å². The highest BCUT2D eigenvalue weighted by atomic mass is 16.5. The Bertz CT molecular complexity index is 483. The number of aryl methyl sites for hydroxylation is 2. The Morgan fingerprint density at radius 1 is 1.12 bits per heavy atom. The molecule has 2 aromatic rings. The average Bonchev–Trinajstić information content (AvgIpc) is 2.28. The van der Waals surface area contributed by atoms with Gasteiger partial charge in [0.25, 0.3) is 0 Å². The minimum Gasteiger partial charge on any atom is -0.459 e. The molecule has 3 heteroatoms. The molecule has 0 unspecified atom stereocenters. The molecule has 0 bridgehead atoms. The van der Waals surface area contributed by atoms with Crippen molar-refractivity contribution in [2.24, 2.45) is 0 Å². The SMILES string of the molecule is Cc1ccnc(OCc2ccccc2C)n1. The molecule has 0 saturated carbocycles. The van der Waals surface area contributed by atoms with Gasteiger partial charge < -0.3 is 4.74 Å². The molecule has 0 saturated heterocycles. The van der Waals surface area contributed by atoms with E-state index in [1.54, 1.807) is 6.20 Å². The fraction of sp³-hybridized carbons (Fsp3) is 0.231. The average molecular weight is 214 g/mol. The van der Waals surface area contributed by atoms with Crippen molar-refractivity contribution in [3.63, 3.8) is 0 Å². The quantitative estimate of drug-likeness (QED) is 0.787. The lowest BCUT2D eigenvalue weighted by Gasteiger charge is -2.06. The van der Waals surface area contributed by atoms with Crippen molar-refractivity contribution in [2.45, 2.75) is 20.5 Å². The molecule has 1 aromatic carbocycles. The van der Waals surface area contributed by atoms with Gasteiger partial charge in [0.05, 0.1) is 0 Å². The summed E-state index contributed by atoms with van der Waals surface area (Å²) in [5.41, 5.74) is 3.29. The van der Waals surface area contributed by atoms with Crippen LogP contribution in [-0.2, 0) is 6.61 Å². The Hall–Kier alpha value is -1.90. The normalized spacial score (nSPS) is 10.1. The van der Waals surface area contributed by atoms with E-state index in [1.165, 1.54) is 5.56 Å². The van der Waals surface area contributed by atoms with Crippen molar-refractivity contribution in [2.75, 3.05) is 0 Å². The molecule has 0 atom stereocenters. The molecule has 16 heavy (non-hydrogen) atoms. The van der Waals surface area contributed by atoms with Crippen LogP contribution in [0.15, 0.2) is 36.5 Å². The van der Waals surface area contributed by atoms with Crippen molar-refractivity contribution in [1.82, 2.24) is 9.97 Å². The minimum absolute atomic E-state index is 0.434. The maximum atomic E-state index is 5.53. The Kier molecular flexibility index (Phi) is 3.15. The molecule has 0 spiro atoms. The van der Waals surface area contributed by atoms with Crippen LogP contribution in [0.1, 0.15) is 16.8 Å². The van der Waals surface area contributed by atoms with Gasteiger partial charge in [-0.15, -0.1) is 0 Å². The van der Waals surface area contributed by atoms with Crippen LogP contribution in [0.4, 0.5) is 0 Å². The van der Waals surface area contributed by atoms with E-state index < -0.39 is 0 Å². The van der Waals surface area contributed by atoms with Crippen LogP contribution in [-0.4, -0.2) is 9.97 Å². The number of ether oxygens (including phenoxy) is 1. The lowest BCUT2D eigenvalue weighted by molar-refractivity contribution is 0.279. The van der Waals surface area contributed by atoms with Crippen LogP contribution in [0.2, 0.25) is 0 Å². The Morgan fingerprint density at radius 3 is 2.69 bits per heavy atom. The molecule has 0 aliphatic rings. The zero-order valence-electron chi connectivity index (χ0n) is 9.47. The smallest absolute Gasteiger partial charge is 0.316 e.